The fraction of sp³-hybridized carbons (Fsp3) is 0.500. The van der Waals surface area contributed by atoms with Crippen molar-refractivity contribution in [1.82, 2.24) is 10.2 Å². The summed E-state index contributed by atoms with van der Waals surface area (Å²) in [5, 5.41) is 12.8. The number of hydrogen-bond donors (Lipinski definition) is 2. The highest BCUT2D eigenvalue weighted by atomic mass is 32.2. The van der Waals surface area contributed by atoms with Crippen LogP contribution >= 0.6 is 11.8 Å². The summed E-state index contributed by atoms with van der Waals surface area (Å²) >= 11 is 1.64. The molecule has 0 spiro atoms. The predicted molar refractivity (Wildman–Crippen MR) is 90.8 cm³/mol. The number of benzene rings is 1. The smallest absolute Gasteiger partial charge is 0.246 e. The van der Waals surface area contributed by atoms with Crippen molar-refractivity contribution in [2.24, 2.45) is 0 Å². The first-order valence-electron chi connectivity index (χ1n) is 7.84. The van der Waals surface area contributed by atoms with Crippen LogP contribution in [-0.4, -0.2) is 65.5 Å². The number of rotatable bonds is 2. The molecule has 1 aromatic rings. The fourth-order valence-corrected chi connectivity index (χ4v) is 3.88. The van der Waals surface area contributed by atoms with E-state index in [0.29, 0.717) is 38.4 Å². The highest BCUT2D eigenvalue weighted by Gasteiger charge is 2.30. The predicted octanol–water partition coefficient (Wildman–Crippen LogP) is 0.662. The lowest BCUT2D eigenvalue weighted by molar-refractivity contribution is -0.135. The molecule has 0 bridgehead atoms. The largest absolute Gasteiger partial charge is 0.506 e. The minimum absolute atomic E-state index is 0.00434. The molecule has 2 N–H and O–H groups in total. The van der Waals surface area contributed by atoms with Crippen LogP contribution < -0.4 is 10.2 Å². The molecule has 2 fully saturated rings. The molecule has 0 radical (unpaired) electrons. The van der Waals surface area contributed by atoms with Crippen LogP contribution in [0.1, 0.15) is 6.42 Å². The zero-order valence-electron chi connectivity index (χ0n) is 12.9. The standard InChI is InChI=1S/C16H21N3O3S/c20-14-4-2-1-3-13(14)18-6-8-19(9-7-18)16(22)12-11-23-10-5-15(21)17-12/h1-4,12,20H,5-11H2,(H,17,21)/t12-/m1/s1. The molecule has 2 aliphatic heterocycles. The molecule has 3 rings (SSSR count). The van der Waals surface area contributed by atoms with E-state index in [9.17, 15) is 14.7 Å². The van der Waals surface area contributed by atoms with Crippen LogP contribution in [0.15, 0.2) is 24.3 Å². The first-order valence-corrected chi connectivity index (χ1v) is 8.99. The number of aromatic hydroxyl groups is 1. The van der Waals surface area contributed by atoms with Gasteiger partial charge >= 0.3 is 0 Å². The van der Waals surface area contributed by atoms with Gasteiger partial charge in [-0.3, -0.25) is 9.59 Å². The van der Waals surface area contributed by atoms with Crippen molar-refractivity contribution in [2.75, 3.05) is 42.6 Å². The number of phenols is 1. The molecule has 23 heavy (non-hydrogen) atoms. The van der Waals surface area contributed by atoms with Crippen LogP contribution in [0, 0.1) is 0 Å². The van der Waals surface area contributed by atoms with Crippen molar-refractivity contribution in [1.29, 1.82) is 0 Å². The Hall–Kier alpha value is -1.89. The molecule has 2 aliphatic rings. The summed E-state index contributed by atoms with van der Waals surface area (Å²) in [6.45, 7) is 2.56. The van der Waals surface area contributed by atoms with Gasteiger partial charge in [-0.25, -0.2) is 0 Å². The van der Waals surface area contributed by atoms with E-state index in [4.69, 9.17) is 0 Å². The number of nitrogens with zero attached hydrogens (tertiary/aromatic N) is 2. The fourth-order valence-electron chi connectivity index (χ4n) is 2.93. The van der Waals surface area contributed by atoms with Crippen molar-refractivity contribution in [2.45, 2.75) is 12.5 Å². The highest BCUT2D eigenvalue weighted by molar-refractivity contribution is 7.99. The summed E-state index contributed by atoms with van der Waals surface area (Å²) in [6, 6.07) is 6.84. The molecule has 1 aromatic carbocycles. The van der Waals surface area contributed by atoms with Crippen LogP contribution in [-0.2, 0) is 9.59 Å². The maximum atomic E-state index is 12.6. The van der Waals surface area contributed by atoms with Gasteiger partial charge in [-0.2, -0.15) is 11.8 Å². The second-order valence-corrected chi connectivity index (χ2v) is 6.90. The quantitative estimate of drug-likeness (QED) is 0.831. The molecule has 0 saturated carbocycles. The molecular weight excluding hydrogens is 314 g/mol. The maximum absolute atomic E-state index is 12.6. The number of amides is 2. The highest BCUT2D eigenvalue weighted by Crippen LogP contribution is 2.27. The topological polar surface area (TPSA) is 72.9 Å². The average molecular weight is 335 g/mol. The third-order valence-electron chi connectivity index (χ3n) is 4.21. The van der Waals surface area contributed by atoms with E-state index in [1.54, 1.807) is 23.9 Å². The molecule has 2 saturated heterocycles. The van der Waals surface area contributed by atoms with Crippen LogP contribution in [0.4, 0.5) is 5.69 Å². The lowest BCUT2D eigenvalue weighted by atomic mass is 10.2. The summed E-state index contributed by atoms with van der Waals surface area (Å²) < 4.78 is 0. The van der Waals surface area contributed by atoms with Gasteiger partial charge in [0.2, 0.25) is 11.8 Å². The lowest BCUT2D eigenvalue weighted by Crippen LogP contribution is -2.55. The third kappa shape index (κ3) is 3.72. The third-order valence-corrected chi connectivity index (χ3v) is 5.27. The van der Waals surface area contributed by atoms with Gasteiger partial charge in [0.15, 0.2) is 0 Å². The zero-order valence-corrected chi connectivity index (χ0v) is 13.7. The number of thioether (sulfide) groups is 1. The number of carbonyl (C=O) groups excluding carboxylic acids is 2. The molecular formula is C16H21N3O3S. The van der Waals surface area contributed by atoms with E-state index in [2.05, 4.69) is 10.2 Å². The minimum atomic E-state index is -0.410. The molecule has 6 nitrogen and oxygen atoms in total. The first-order chi connectivity index (χ1) is 11.1. The van der Waals surface area contributed by atoms with Gasteiger partial charge in [0.1, 0.15) is 11.8 Å². The number of hydrogen-bond acceptors (Lipinski definition) is 5. The molecule has 0 unspecified atom stereocenters. The van der Waals surface area contributed by atoms with Crippen molar-refractivity contribution < 1.29 is 14.7 Å². The molecule has 1 atom stereocenters. The Labute approximate surface area is 139 Å². The Balaban J connectivity index is 1.59. The van der Waals surface area contributed by atoms with Crippen molar-refractivity contribution in [3.63, 3.8) is 0 Å². The summed E-state index contributed by atoms with van der Waals surface area (Å²) in [5.41, 5.74) is 0.804. The van der Waals surface area contributed by atoms with Gasteiger partial charge < -0.3 is 20.2 Å². The number of piperazine rings is 1. The van der Waals surface area contributed by atoms with Gasteiger partial charge in [-0.15, -0.1) is 0 Å². The minimum Gasteiger partial charge on any atom is -0.506 e. The molecule has 0 aliphatic carbocycles. The molecule has 2 heterocycles. The van der Waals surface area contributed by atoms with E-state index >= 15 is 0 Å². The van der Waals surface area contributed by atoms with Gasteiger partial charge in [0.05, 0.1) is 5.69 Å². The van der Waals surface area contributed by atoms with Gasteiger partial charge in [0.25, 0.3) is 0 Å². The van der Waals surface area contributed by atoms with Crippen LogP contribution in [0.25, 0.3) is 0 Å². The average Bonchev–Trinajstić information content (AvgIpc) is 2.79. The summed E-state index contributed by atoms with van der Waals surface area (Å²) in [7, 11) is 0. The Morgan fingerprint density at radius 3 is 2.70 bits per heavy atom. The molecule has 0 aromatic heterocycles. The summed E-state index contributed by atoms with van der Waals surface area (Å²) in [4.78, 5) is 28.1. The molecule has 124 valence electrons. The van der Waals surface area contributed by atoms with E-state index < -0.39 is 6.04 Å². The van der Waals surface area contributed by atoms with Crippen molar-refractivity contribution in [3.05, 3.63) is 24.3 Å². The summed E-state index contributed by atoms with van der Waals surface area (Å²) in [5.74, 6) is 1.64. The zero-order chi connectivity index (χ0) is 16.2. The second-order valence-electron chi connectivity index (χ2n) is 5.75. The van der Waals surface area contributed by atoms with Crippen molar-refractivity contribution >= 4 is 29.3 Å². The van der Waals surface area contributed by atoms with Gasteiger partial charge in [-0.05, 0) is 12.1 Å². The maximum Gasteiger partial charge on any atom is 0.246 e. The number of nitrogens with one attached hydrogen (secondary N) is 1. The molecule has 2 amide bonds. The summed E-state index contributed by atoms with van der Waals surface area (Å²) in [6.07, 6.45) is 0.482. The normalized spacial score (nSPS) is 22.4. The van der Waals surface area contributed by atoms with E-state index in [1.165, 1.54) is 0 Å². The van der Waals surface area contributed by atoms with Gasteiger partial charge in [0, 0.05) is 44.1 Å². The number of anilines is 1. The number of carbonyl (C=O) groups is 2. The van der Waals surface area contributed by atoms with Crippen molar-refractivity contribution in [3.8, 4) is 5.75 Å². The van der Waals surface area contributed by atoms with Gasteiger partial charge in [-0.1, -0.05) is 12.1 Å². The van der Waals surface area contributed by atoms with Crippen LogP contribution in [0.5, 0.6) is 5.75 Å². The molecule has 7 heteroatoms. The second kappa shape index (κ2) is 7.12. The lowest BCUT2D eigenvalue weighted by Gasteiger charge is -2.37. The Morgan fingerprint density at radius 2 is 1.96 bits per heavy atom. The van der Waals surface area contributed by atoms with Crippen LogP contribution in [0.2, 0.25) is 0 Å². The monoisotopic (exact) mass is 335 g/mol. The van der Waals surface area contributed by atoms with E-state index in [0.717, 1.165) is 11.4 Å². The SMILES string of the molecule is O=C1CCSC[C@H](C(=O)N2CCN(c3ccccc3O)CC2)N1. The van der Waals surface area contributed by atoms with Crippen LogP contribution in [0.3, 0.4) is 0 Å². The number of para-hydroxylation sites is 2. The van der Waals surface area contributed by atoms with E-state index in [1.807, 2.05) is 17.0 Å². The Kier molecular flexibility index (Phi) is 4.95. The first kappa shape index (κ1) is 16.0. The van der Waals surface area contributed by atoms with E-state index in [-0.39, 0.29) is 17.6 Å². The Bertz CT molecular complexity index is 588. The Morgan fingerprint density at radius 1 is 1.22 bits per heavy atom. The number of phenolic OH excluding ortho intramolecular Hbond substituents is 1.